The highest BCUT2D eigenvalue weighted by atomic mass is 16.5. The lowest BCUT2D eigenvalue weighted by Gasteiger charge is -2.29. The Morgan fingerprint density at radius 1 is 1.10 bits per heavy atom. The van der Waals surface area contributed by atoms with E-state index in [1.165, 1.54) is 0 Å². The van der Waals surface area contributed by atoms with Crippen LogP contribution in [0.5, 0.6) is 0 Å². The van der Waals surface area contributed by atoms with Crippen molar-refractivity contribution in [2.45, 2.75) is 18.9 Å². The summed E-state index contributed by atoms with van der Waals surface area (Å²) >= 11 is 0. The Morgan fingerprint density at radius 2 is 1.90 bits per heavy atom. The predicted molar refractivity (Wildman–Crippen MR) is 114 cm³/mol. The van der Waals surface area contributed by atoms with Gasteiger partial charge in [0.25, 0.3) is 5.91 Å². The summed E-state index contributed by atoms with van der Waals surface area (Å²) in [7, 11) is 0. The van der Waals surface area contributed by atoms with E-state index >= 15 is 0 Å². The van der Waals surface area contributed by atoms with E-state index in [-0.39, 0.29) is 30.6 Å². The fourth-order valence-electron chi connectivity index (χ4n) is 3.62. The van der Waals surface area contributed by atoms with Crippen molar-refractivity contribution in [2.24, 2.45) is 0 Å². The van der Waals surface area contributed by atoms with Crippen molar-refractivity contribution < 1.29 is 19.1 Å². The number of carbonyl (C=O) groups is 3. The molecule has 1 fully saturated rings. The second-order valence-electron chi connectivity index (χ2n) is 7.30. The number of benzene rings is 2. The number of carbonyl (C=O) groups excluding carboxylic acids is 3. The third-order valence-electron chi connectivity index (χ3n) is 5.22. The molecular formula is C22H24N4O4. The number of rotatable bonds is 5. The molecule has 1 saturated heterocycles. The van der Waals surface area contributed by atoms with Crippen LogP contribution in [0.1, 0.15) is 23.2 Å². The standard InChI is InChI=1S/C22H24N4O4/c27-20(23-15-4-3-5-16(14-15)26-10-12-30-13-11-26)9-8-19-22(29)24-18-7-2-1-6-17(18)21(28)25-19/h1-7,14,19H,8-13H2,(H,23,27)(H,24,29)(H,25,28)/t19-/m0/s1. The molecular weight excluding hydrogens is 384 g/mol. The molecule has 2 heterocycles. The number of nitrogens with one attached hydrogen (secondary N) is 3. The molecule has 2 aliphatic heterocycles. The minimum Gasteiger partial charge on any atom is -0.378 e. The van der Waals surface area contributed by atoms with Gasteiger partial charge in [0.05, 0.1) is 24.5 Å². The van der Waals surface area contributed by atoms with Crippen LogP contribution in [0.3, 0.4) is 0 Å². The van der Waals surface area contributed by atoms with Gasteiger partial charge in [-0.3, -0.25) is 14.4 Å². The van der Waals surface area contributed by atoms with E-state index in [4.69, 9.17) is 4.74 Å². The van der Waals surface area contributed by atoms with E-state index in [0.717, 1.165) is 18.8 Å². The zero-order chi connectivity index (χ0) is 20.9. The van der Waals surface area contributed by atoms with Gasteiger partial charge in [-0.05, 0) is 36.8 Å². The van der Waals surface area contributed by atoms with E-state index in [1.54, 1.807) is 24.3 Å². The van der Waals surface area contributed by atoms with Crippen LogP contribution in [0.4, 0.5) is 17.1 Å². The van der Waals surface area contributed by atoms with E-state index in [1.807, 2.05) is 24.3 Å². The maximum absolute atomic E-state index is 12.4. The predicted octanol–water partition coefficient (Wildman–Crippen LogP) is 1.99. The van der Waals surface area contributed by atoms with Gasteiger partial charge in [0.1, 0.15) is 6.04 Å². The lowest BCUT2D eigenvalue weighted by Crippen LogP contribution is -2.41. The second-order valence-corrected chi connectivity index (χ2v) is 7.30. The van der Waals surface area contributed by atoms with Crippen molar-refractivity contribution in [1.82, 2.24) is 5.32 Å². The van der Waals surface area contributed by atoms with E-state index in [9.17, 15) is 14.4 Å². The fraction of sp³-hybridized carbons (Fsp3) is 0.318. The highest BCUT2D eigenvalue weighted by Gasteiger charge is 2.27. The van der Waals surface area contributed by atoms with Crippen LogP contribution in [-0.4, -0.2) is 50.1 Å². The Morgan fingerprint density at radius 3 is 2.73 bits per heavy atom. The summed E-state index contributed by atoms with van der Waals surface area (Å²) in [5.41, 5.74) is 2.62. The number of ether oxygens (including phenoxy) is 1. The van der Waals surface area contributed by atoms with Crippen molar-refractivity contribution >= 4 is 34.8 Å². The van der Waals surface area contributed by atoms with Crippen LogP contribution >= 0.6 is 0 Å². The molecule has 8 heteroatoms. The number of nitrogens with zero attached hydrogens (tertiary/aromatic N) is 1. The average molecular weight is 408 g/mol. The normalized spacial score (nSPS) is 18.7. The molecule has 0 saturated carbocycles. The quantitative estimate of drug-likeness (QED) is 0.703. The maximum Gasteiger partial charge on any atom is 0.254 e. The lowest BCUT2D eigenvalue weighted by atomic mass is 10.1. The van der Waals surface area contributed by atoms with Crippen molar-refractivity contribution in [3.63, 3.8) is 0 Å². The first-order valence-electron chi connectivity index (χ1n) is 10.0. The van der Waals surface area contributed by atoms with Crippen molar-refractivity contribution in [1.29, 1.82) is 0 Å². The smallest absolute Gasteiger partial charge is 0.254 e. The number of para-hydroxylation sites is 1. The first-order chi connectivity index (χ1) is 14.6. The highest BCUT2D eigenvalue weighted by Crippen LogP contribution is 2.22. The SMILES string of the molecule is O=C(CC[C@@H]1NC(=O)c2ccccc2NC1=O)Nc1cccc(N2CCOCC2)c1. The van der Waals surface area contributed by atoms with Crippen LogP contribution in [-0.2, 0) is 14.3 Å². The zero-order valence-electron chi connectivity index (χ0n) is 16.5. The summed E-state index contributed by atoms with van der Waals surface area (Å²) in [5.74, 6) is -0.860. The molecule has 0 radical (unpaired) electrons. The van der Waals surface area contributed by atoms with E-state index < -0.39 is 6.04 Å². The first kappa shape index (κ1) is 19.9. The van der Waals surface area contributed by atoms with Gasteiger partial charge in [-0.25, -0.2) is 0 Å². The maximum atomic E-state index is 12.4. The average Bonchev–Trinajstić information content (AvgIpc) is 2.89. The largest absolute Gasteiger partial charge is 0.378 e. The molecule has 156 valence electrons. The summed E-state index contributed by atoms with van der Waals surface area (Å²) in [4.78, 5) is 39.5. The third-order valence-corrected chi connectivity index (χ3v) is 5.22. The molecule has 0 unspecified atom stereocenters. The number of anilines is 3. The molecule has 2 aromatic rings. The minimum absolute atomic E-state index is 0.108. The minimum atomic E-state index is -0.768. The van der Waals surface area contributed by atoms with Gasteiger partial charge in [0.2, 0.25) is 11.8 Å². The Bertz CT molecular complexity index is 956. The van der Waals surface area contributed by atoms with Gasteiger partial charge in [0, 0.05) is 30.9 Å². The number of amides is 3. The van der Waals surface area contributed by atoms with Crippen molar-refractivity contribution in [3.05, 3.63) is 54.1 Å². The highest BCUT2D eigenvalue weighted by molar-refractivity contribution is 6.10. The van der Waals surface area contributed by atoms with Crippen LogP contribution in [0.2, 0.25) is 0 Å². The molecule has 2 aliphatic rings. The van der Waals surface area contributed by atoms with E-state index in [0.29, 0.717) is 30.2 Å². The van der Waals surface area contributed by atoms with Crippen molar-refractivity contribution in [3.8, 4) is 0 Å². The molecule has 1 atom stereocenters. The number of fused-ring (bicyclic) bond motifs is 1. The van der Waals surface area contributed by atoms with Gasteiger partial charge in [-0.1, -0.05) is 18.2 Å². The zero-order valence-corrected chi connectivity index (χ0v) is 16.5. The van der Waals surface area contributed by atoms with Crippen LogP contribution in [0.25, 0.3) is 0 Å². The molecule has 0 bridgehead atoms. The van der Waals surface area contributed by atoms with Gasteiger partial charge in [-0.15, -0.1) is 0 Å². The Kier molecular flexibility index (Phi) is 5.94. The lowest BCUT2D eigenvalue weighted by molar-refractivity contribution is -0.118. The molecule has 0 aliphatic carbocycles. The molecule has 0 spiro atoms. The van der Waals surface area contributed by atoms with Gasteiger partial charge >= 0.3 is 0 Å². The number of hydrogen-bond donors (Lipinski definition) is 3. The Labute approximate surface area is 174 Å². The fourth-order valence-corrected chi connectivity index (χ4v) is 3.62. The molecule has 2 aromatic carbocycles. The van der Waals surface area contributed by atoms with Gasteiger partial charge < -0.3 is 25.6 Å². The number of hydrogen-bond acceptors (Lipinski definition) is 5. The van der Waals surface area contributed by atoms with Crippen LogP contribution in [0, 0.1) is 0 Å². The van der Waals surface area contributed by atoms with Crippen molar-refractivity contribution in [2.75, 3.05) is 41.8 Å². The second kappa shape index (κ2) is 8.96. The Hall–Kier alpha value is -3.39. The molecule has 0 aromatic heterocycles. The topological polar surface area (TPSA) is 99.8 Å². The first-order valence-corrected chi connectivity index (χ1v) is 10.0. The van der Waals surface area contributed by atoms with E-state index in [2.05, 4.69) is 20.9 Å². The molecule has 3 N–H and O–H groups in total. The van der Waals surface area contributed by atoms with Gasteiger partial charge in [-0.2, -0.15) is 0 Å². The number of morpholine rings is 1. The monoisotopic (exact) mass is 408 g/mol. The summed E-state index contributed by atoms with van der Waals surface area (Å²) < 4.78 is 5.38. The molecule has 4 rings (SSSR count). The summed E-state index contributed by atoms with van der Waals surface area (Å²) in [5, 5.41) is 8.34. The molecule has 8 nitrogen and oxygen atoms in total. The Balaban J connectivity index is 1.34. The van der Waals surface area contributed by atoms with Crippen LogP contribution < -0.4 is 20.9 Å². The third kappa shape index (κ3) is 4.60. The van der Waals surface area contributed by atoms with Gasteiger partial charge in [0.15, 0.2) is 0 Å². The molecule has 3 amide bonds. The summed E-state index contributed by atoms with van der Waals surface area (Å²) in [6, 6.07) is 13.7. The summed E-state index contributed by atoms with van der Waals surface area (Å²) in [6.07, 6.45) is 0.317. The molecule has 30 heavy (non-hydrogen) atoms. The van der Waals surface area contributed by atoms with Crippen LogP contribution in [0.15, 0.2) is 48.5 Å². The summed E-state index contributed by atoms with van der Waals surface area (Å²) in [6.45, 7) is 3.01.